The van der Waals surface area contributed by atoms with Gasteiger partial charge < -0.3 is 4.74 Å². The Balaban J connectivity index is 1.56. The van der Waals surface area contributed by atoms with Crippen molar-refractivity contribution < 1.29 is 13.2 Å². The van der Waals surface area contributed by atoms with E-state index in [9.17, 15) is 8.42 Å². The van der Waals surface area contributed by atoms with E-state index < -0.39 is 10.0 Å². The SMILES string of the molecule is O=S(=O)(NCCOC1CCC1)c1ccc(-c2nn[nH]n2)cc1. The number of aromatic amines is 1. The van der Waals surface area contributed by atoms with Crippen LogP contribution in [0.5, 0.6) is 0 Å². The summed E-state index contributed by atoms with van der Waals surface area (Å²) in [5.41, 5.74) is 0.695. The fourth-order valence-electron chi connectivity index (χ4n) is 2.09. The van der Waals surface area contributed by atoms with Gasteiger partial charge in [0.15, 0.2) is 0 Å². The molecular formula is C13H17N5O3S. The molecule has 1 aromatic carbocycles. The molecule has 0 bridgehead atoms. The number of aromatic nitrogens is 4. The minimum Gasteiger partial charge on any atom is -0.377 e. The molecule has 0 saturated heterocycles. The number of H-pyrrole nitrogens is 1. The number of rotatable bonds is 7. The maximum atomic E-state index is 12.1. The van der Waals surface area contributed by atoms with Gasteiger partial charge in [-0.3, -0.25) is 0 Å². The van der Waals surface area contributed by atoms with Gasteiger partial charge in [-0.15, -0.1) is 10.2 Å². The highest BCUT2D eigenvalue weighted by molar-refractivity contribution is 7.89. The molecule has 2 aromatic rings. The van der Waals surface area contributed by atoms with E-state index in [0.717, 1.165) is 12.8 Å². The molecule has 8 nitrogen and oxygen atoms in total. The normalized spacial score (nSPS) is 15.6. The van der Waals surface area contributed by atoms with Crippen molar-refractivity contribution in [2.45, 2.75) is 30.3 Å². The lowest BCUT2D eigenvalue weighted by molar-refractivity contribution is 0.00578. The Morgan fingerprint density at radius 3 is 2.64 bits per heavy atom. The lowest BCUT2D eigenvalue weighted by Gasteiger charge is -2.25. The van der Waals surface area contributed by atoms with Crippen LogP contribution in [0.4, 0.5) is 0 Å². The summed E-state index contributed by atoms with van der Waals surface area (Å²) in [6.07, 6.45) is 3.65. The van der Waals surface area contributed by atoms with E-state index in [4.69, 9.17) is 4.74 Å². The van der Waals surface area contributed by atoms with Gasteiger partial charge in [-0.05, 0) is 48.7 Å². The number of sulfonamides is 1. The molecule has 0 atom stereocenters. The number of nitrogens with zero attached hydrogens (tertiary/aromatic N) is 3. The van der Waals surface area contributed by atoms with E-state index in [1.807, 2.05) is 0 Å². The summed E-state index contributed by atoms with van der Waals surface area (Å²) in [6.45, 7) is 0.663. The van der Waals surface area contributed by atoms with Gasteiger partial charge in [0.25, 0.3) is 0 Å². The average molecular weight is 323 g/mol. The number of ether oxygens (including phenoxy) is 1. The summed E-state index contributed by atoms with van der Waals surface area (Å²) in [5.74, 6) is 0.422. The minimum atomic E-state index is -3.53. The number of tetrazole rings is 1. The number of hydrogen-bond donors (Lipinski definition) is 2. The summed E-state index contributed by atoms with van der Waals surface area (Å²) >= 11 is 0. The monoisotopic (exact) mass is 323 g/mol. The van der Waals surface area contributed by atoms with Crippen LogP contribution in [-0.4, -0.2) is 48.3 Å². The van der Waals surface area contributed by atoms with Gasteiger partial charge in [0.2, 0.25) is 15.8 Å². The van der Waals surface area contributed by atoms with E-state index in [1.165, 1.54) is 18.6 Å². The van der Waals surface area contributed by atoms with Crippen LogP contribution in [0.3, 0.4) is 0 Å². The Morgan fingerprint density at radius 1 is 1.27 bits per heavy atom. The van der Waals surface area contributed by atoms with Crippen LogP contribution in [0.1, 0.15) is 19.3 Å². The third-order valence-corrected chi connectivity index (χ3v) is 5.04. The van der Waals surface area contributed by atoms with Crippen molar-refractivity contribution in [3.8, 4) is 11.4 Å². The molecule has 22 heavy (non-hydrogen) atoms. The maximum Gasteiger partial charge on any atom is 0.240 e. The third-order valence-electron chi connectivity index (χ3n) is 3.57. The zero-order valence-corrected chi connectivity index (χ0v) is 12.7. The Labute approximate surface area is 128 Å². The van der Waals surface area contributed by atoms with Crippen molar-refractivity contribution in [2.75, 3.05) is 13.2 Å². The fraction of sp³-hybridized carbons (Fsp3) is 0.462. The molecule has 118 valence electrons. The summed E-state index contributed by atoms with van der Waals surface area (Å²) in [4.78, 5) is 0.198. The topological polar surface area (TPSA) is 110 Å². The standard InChI is InChI=1S/C13H17N5O3S/c19-22(20,14-8-9-21-11-2-1-3-11)12-6-4-10(5-7-12)13-15-17-18-16-13/h4-7,11,14H,1-3,8-9H2,(H,15,16,17,18). The average Bonchev–Trinajstić information content (AvgIpc) is 2.99. The second kappa shape index (κ2) is 6.51. The summed E-state index contributed by atoms with van der Waals surface area (Å²) in [5, 5.41) is 13.5. The van der Waals surface area contributed by atoms with Crippen molar-refractivity contribution in [1.82, 2.24) is 25.3 Å². The zero-order valence-electron chi connectivity index (χ0n) is 11.9. The predicted octanol–water partition coefficient (Wildman–Crippen LogP) is 0.714. The van der Waals surface area contributed by atoms with Gasteiger partial charge in [-0.2, -0.15) is 5.21 Å². The van der Waals surface area contributed by atoms with Crippen LogP contribution in [0.2, 0.25) is 0 Å². The van der Waals surface area contributed by atoms with E-state index in [0.29, 0.717) is 24.1 Å². The van der Waals surface area contributed by atoms with Crippen molar-refractivity contribution in [2.24, 2.45) is 0 Å². The number of benzene rings is 1. The van der Waals surface area contributed by atoms with E-state index >= 15 is 0 Å². The maximum absolute atomic E-state index is 12.1. The second-order valence-corrected chi connectivity index (χ2v) is 6.85. The predicted molar refractivity (Wildman–Crippen MR) is 78.4 cm³/mol. The third kappa shape index (κ3) is 3.49. The molecular weight excluding hydrogens is 306 g/mol. The highest BCUT2D eigenvalue weighted by Gasteiger charge is 2.18. The number of nitrogens with one attached hydrogen (secondary N) is 2. The highest BCUT2D eigenvalue weighted by atomic mass is 32.2. The molecule has 1 fully saturated rings. The van der Waals surface area contributed by atoms with Crippen molar-refractivity contribution in [1.29, 1.82) is 0 Å². The molecule has 1 aliphatic carbocycles. The zero-order chi connectivity index (χ0) is 15.4. The molecule has 0 unspecified atom stereocenters. The Bertz CT molecular complexity index is 696. The molecule has 2 N–H and O–H groups in total. The van der Waals surface area contributed by atoms with E-state index in [1.54, 1.807) is 12.1 Å². The number of hydrogen-bond acceptors (Lipinski definition) is 6. The largest absolute Gasteiger partial charge is 0.377 e. The molecule has 0 aliphatic heterocycles. The molecule has 9 heteroatoms. The quantitative estimate of drug-likeness (QED) is 0.726. The van der Waals surface area contributed by atoms with Gasteiger partial charge in [0, 0.05) is 12.1 Å². The van der Waals surface area contributed by atoms with E-state index in [2.05, 4.69) is 25.3 Å². The van der Waals surface area contributed by atoms with Gasteiger partial charge >= 0.3 is 0 Å². The van der Waals surface area contributed by atoms with E-state index in [-0.39, 0.29) is 11.4 Å². The molecule has 1 saturated carbocycles. The fourth-order valence-corrected chi connectivity index (χ4v) is 3.10. The van der Waals surface area contributed by atoms with Crippen LogP contribution in [0.25, 0.3) is 11.4 Å². The van der Waals surface area contributed by atoms with Gasteiger partial charge in [-0.1, -0.05) is 0 Å². The highest BCUT2D eigenvalue weighted by Crippen LogP contribution is 2.21. The molecule has 1 heterocycles. The molecule has 1 aromatic heterocycles. The summed E-state index contributed by atoms with van der Waals surface area (Å²) in [6, 6.07) is 6.32. The van der Waals surface area contributed by atoms with Crippen molar-refractivity contribution >= 4 is 10.0 Å². The first-order chi connectivity index (χ1) is 10.6. The first-order valence-corrected chi connectivity index (χ1v) is 8.58. The molecule has 3 rings (SSSR count). The smallest absolute Gasteiger partial charge is 0.240 e. The van der Waals surface area contributed by atoms with Crippen molar-refractivity contribution in [3.05, 3.63) is 24.3 Å². The van der Waals surface area contributed by atoms with Crippen LogP contribution in [-0.2, 0) is 14.8 Å². The van der Waals surface area contributed by atoms with Crippen LogP contribution >= 0.6 is 0 Å². The Morgan fingerprint density at radius 2 is 2.05 bits per heavy atom. The molecule has 1 aliphatic rings. The molecule has 0 spiro atoms. The van der Waals surface area contributed by atoms with Crippen LogP contribution < -0.4 is 4.72 Å². The first kappa shape index (κ1) is 15.1. The summed E-state index contributed by atoms with van der Waals surface area (Å²) < 4.78 is 32.3. The van der Waals surface area contributed by atoms with Crippen molar-refractivity contribution in [3.63, 3.8) is 0 Å². The second-order valence-electron chi connectivity index (χ2n) is 5.08. The lowest BCUT2D eigenvalue weighted by Crippen LogP contribution is -2.30. The first-order valence-electron chi connectivity index (χ1n) is 7.10. The van der Waals surface area contributed by atoms with Gasteiger partial charge in [-0.25, -0.2) is 13.1 Å². The Kier molecular flexibility index (Phi) is 4.46. The molecule has 0 radical (unpaired) electrons. The minimum absolute atomic E-state index is 0.198. The molecule has 0 amide bonds. The van der Waals surface area contributed by atoms with Crippen LogP contribution in [0, 0.1) is 0 Å². The summed E-state index contributed by atoms with van der Waals surface area (Å²) in [7, 11) is -3.53. The van der Waals surface area contributed by atoms with Crippen LogP contribution in [0.15, 0.2) is 29.2 Å². The Hall–Kier alpha value is -1.84. The lowest BCUT2D eigenvalue weighted by atomic mass is 9.96. The van der Waals surface area contributed by atoms with Gasteiger partial charge in [0.05, 0.1) is 17.6 Å². The van der Waals surface area contributed by atoms with Gasteiger partial charge in [0.1, 0.15) is 0 Å².